The van der Waals surface area contributed by atoms with E-state index in [-0.39, 0.29) is 23.7 Å². The second kappa shape index (κ2) is 8.38. The van der Waals surface area contributed by atoms with Crippen LogP contribution in [0.4, 0.5) is 11.5 Å². The van der Waals surface area contributed by atoms with E-state index in [0.717, 1.165) is 53.0 Å². The van der Waals surface area contributed by atoms with Gasteiger partial charge in [0.15, 0.2) is 0 Å². The van der Waals surface area contributed by atoms with Gasteiger partial charge in [-0.15, -0.1) is 0 Å². The van der Waals surface area contributed by atoms with Gasteiger partial charge in [-0.25, -0.2) is 4.98 Å². The summed E-state index contributed by atoms with van der Waals surface area (Å²) in [7, 11) is 1.92. The number of amides is 2. The number of anilines is 2. The summed E-state index contributed by atoms with van der Waals surface area (Å²) in [4.78, 5) is 32.4. The summed E-state index contributed by atoms with van der Waals surface area (Å²) >= 11 is 0. The molecular formula is C27H31N5O2. The zero-order valence-electron chi connectivity index (χ0n) is 20.3. The average Bonchev–Trinajstić information content (AvgIpc) is 3.54. The van der Waals surface area contributed by atoms with Crippen LogP contribution in [0.3, 0.4) is 0 Å². The maximum atomic E-state index is 13.2. The molecule has 1 aromatic carbocycles. The first-order valence-corrected chi connectivity index (χ1v) is 11.9. The number of rotatable bonds is 6. The number of aryl methyl sites for hydroxylation is 2. The van der Waals surface area contributed by atoms with Gasteiger partial charge in [-0.1, -0.05) is 31.2 Å². The molecule has 2 aliphatic rings. The minimum Gasteiger partial charge on any atom is -0.312 e. The Bertz CT molecular complexity index is 1280. The third-order valence-electron chi connectivity index (χ3n) is 7.42. The number of hydrogen-bond donors (Lipinski definition) is 1. The summed E-state index contributed by atoms with van der Waals surface area (Å²) in [5.41, 5.74) is 5.42. The van der Waals surface area contributed by atoms with Crippen LogP contribution in [0.5, 0.6) is 0 Å². The van der Waals surface area contributed by atoms with E-state index >= 15 is 0 Å². The van der Waals surface area contributed by atoms with Crippen molar-refractivity contribution in [3.05, 3.63) is 59.5 Å². The Morgan fingerprint density at radius 3 is 2.71 bits per heavy atom. The van der Waals surface area contributed by atoms with Gasteiger partial charge in [0.2, 0.25) is 11.8 Å². The topological polar surface area (TPSA) is 80.1 Å². The molecule has 1 aliphatic carbocycles. The highest BCUT2D eigenvalue weighted by atomic mass is 16.2. The number of pyridine rings is 1. The zero-order chi connectivity index (χ0) is 24.0. The number of benzene rings is 1. The molecule has 176 valence electrons. The molecule has 3 heterocycles. The zero-order valence-corrected chi connectivity index (χ0v) is 20.3. The first-order valence-electron chi connectivity index (χ1n) is 11.9. The molecule has 1 atom stereocenters. The Balaban J connectivity index is 1.30. The van der Waals surface area contributed by atoms with E-state index in [0.29, 0.717) is 18.3 Å². The monoisotopic (exact) mass is 457 g/mol. The fraction of sp³-hybridized carbons (Fsp3) is 0.407. The van der Waals surface area contributed by atoms with Gasteiger partial charge in [0.1, 0.15) is 5.82 Å². The van der Waals surface area contributed by atoms with Crippen LogP contribution in [-0.4, -0.2) is 33.1 Å². The molecule has 2 fully saturated rings. The van der Waals surface area contributed by atoms with Crippen LogP contribution in [0.2, 0.25) is 0 Å². The third-order valence-corrected chi connectivity index (χ3v) is 7.42. The quantitative estimate of drug-likeness (QED) is 0.594. The van der Waals surface area contributed by atoms with Crippen LogP contribution >= 0.6 is 0 Å². The molecule has 7 nitrogen and oxygen atoms in total. The summed E-state index contributed by atoms with van der Waals surface area (Å²) in [5.74, 6) is 1.05. The summed E-state index contributed by atoms with van der Waals surface area (Å²) in [6.07, 6.45) is 5.26. The summed E-state index contributed by atoms with van der Waals surface area (Å²) in [6, 6.07) is 11.7. The van der Waals surface area contributed by atoms with Gasteiger partial charge in [0.05, 0.1) is 18.0 Å². The van der Waals surface area contributed by atoms with Crippen molar-refractivity contribution < 1.29 is 9.59 Å². The molecule has 1 saturated heterocycles. The first-order chi connectivity index (χ1) is 16.2. The normalized spacial score (nSPS) is 20.1. The lowest BCUT2D eigenvalue weighted by Gasteiger charge is -2.23. The standard InChI is InChI=1S/C27H31N5O2/c1-17-12-22(32-11-10-27(3,26(32)34)21-8-9-21)15-24(29-17)30-25(33)14-19-6-5-7-20(13-19)23-16-28-31(4)18(23)2/h5-7,12-13,15-16,21H,8-11,14H2,1-4H3,(H,29,30,33)/t27-/m0/s1. The lowest BCUT2D eigenvalue weighted by atomic mass is 9.83. The predicted molar refractivity (Wildman–Crippen MR) is 132 cm³/mol. The second-order valence-electron chi connectivity index (χ2n) is 9.94. The fourth-order valence-corrected chi connectivity index (χ4v) is 5.08. The lowest BCUT2D eigenvalue weighted by molar-refractivity contribution is -0.125. The van der Waals surface area contributed by atoms with Gasteiger partial charge in [0.25, 0.3) is 0 Å². The Labute approximate surface area is 200 Å². The third kappa shape index (κ3) is 4.11. The van der Waals surface area contributed by atoms with E-state index in [1.54, 1.807) is 0 Å². The fourth-order valence-electron chi connectivity index (χ4n) is 5.08. The van der Waals surface area contributed by atoms with E-state index in [4.69, 9.17) is 0 Å². The van der Waals surface area contributed by atoms with Gasteiger partial charge in [-0.05, 0) is 56.2 Å². The molecule has 5 rings (SSSR count). The number of carbonyl (C=O) groups excluding carboxylic acids is 2. The van der Waals surface area contributed by atoms with E-state index in [1.807, 2.05) is 73.1 Å². The van der Waals surface area contributed by atoms with Crippen molar-refractivity contribution in [1.29, 1.82) is 0 Å². The SMILES string of the molecule is Cc1cc(N2CC[C@@](C)(C3CC3)C2=O)cc(NC(=O)Cc2cccc(-c3cnn(C)c3C)c2)n1. The van der Waals surface area contributed by atoms with Crippen LogP contribution in [0.15, 0.2) is 42.6 Å². The van der Waals surface area contributed by atoms with Crippen LogP contribution < -0.4 is 10.2 Å². The van der Waals surface area contributed by atoms with E-state index in [9.17, 15) is 9.59 Å². The molecule has 0 bridgehead atoms. The molecule has 0 radical (unpaired) electrons. The van der Waals surface area contributed by atoms with Crippen molar-refractivity contribution in [2.24, 2.45) is 18.4 Å². The minimum absolute atomic E-state index is 0.139. The molecular weight excluding hydrogens is 426 g/mol. The number of hydrogen-bond acceptors (Lipinski definition) is 4. The van der Waals surface area contributed by atoms with Crippen LogP contribution in [0.25, 0.3) is 11.1 Å². The Morgan fingerprint density at radius 1 is 1.21 bits per heavy atom. The summed E-state index contributed by atoms with van der Waals surface area (Å²) < 4.78 is 1.84. The van der Waals surface area contributed by atoms with Crippen molar-refractivity contribution in [3.8, 4) is 11.1 Å². The lowest BCUT2D eigenvalue weighted by Crippen LogP contribution is -2.34. The largest absolute Gasteiger partial charge is 0.312 e. The number of nitrogens with one attached hydrogen (secondary N) is 1. The summed E-state index contributed by atoms with van der Waals surface area (Å²) in [6.45, 7) is 6.73. The van der Waals surface area contributed by atoms with Crippen molar-refractivity contribution in [3.63, 3.8) is 0 Å². The molecule has 0 spiro atoms. The number of nitrogens with zero attached hydrogens (tertiary/aromatic N) is 4. The van der Waals surface area contributed by atoms with E-state index in [1.165, 1.54) is 0 Å². The molecule has 34 heavy (non-hydrogen) atoms. The maximum Gasteiger partial charge on any atom is 0.233 e. The highest BCUT2D eigenvalue weighted by Crippen LogP contribution is 2.52. The van der Waals surface area contributed by atoms with Crippen molar-refractivity contribution in [2.75, 3.05) is 16.8 Å². The van der Waals surface area contributed by atoms with E-state index in [2.05, 4.69) is 22.3 Å². The Kier molecular flexibility index (Phi) is 5.50. The molecule has 0 unspecified atom stereocenters. The number of aromatic nitrogens is 3. The maximum absolute atomic E-state index is 13.2. The second-order valence-corrected chi connectivity index (χ2v) is 9.94. The molecule has 7 heteroatoms. The molecule has 1 saturated carbocycles. The highest BCUT2D eigenvalue weighted by Gasteiger charge is 2.52. The van der Waals surface area contributed by atoms with E-state index < -0.39 is 0 Å². The summed E-state index contributed by atoms with van der Waals surface area (Å²) in [5, 5.41) is 7.25. The van der Waals surface area contributed by atoms with Crippen LogP contribution in [0, 0.1) is 25.2 Å². The molecule has 2 aromatic heterocycles. The first kappa shape index (κ1) is 22.3. The van der Waals surface area contributed by atoms with Gasteiger partial charge < -0.3 is 10.2 Å². The van der Waals surface area contributed by atoms with Gasteiger partial charge in [-0.3, -0.25) is 14.3 Å². The minimum atomic E-state index is -0.252. The number of carbonyl (C=O) groups is 2. The Hall–Kier alpha value is -3.48. The molecule has 2 amide bonds. The average molecular weight is 458 g/mol. The van der Waals surface area contributed by atoms with Crippen LogP contribution in [0.1, 0.15) is 43.1 Å². The van der Waals surface area contributed by atoms with Gasteiger partial charge in [0, 0.05) is 42.3 Å². The van der Waals surface area contributed by atoms with Crippen LogP contribution in [-0.2, 0) is 23.1 Å². The molecule has 1 aliphatic heterocycles. The van der Waals surface area contributed by atoms with Crippen molar-refractivity contribution in [1.82, 2.24) is 14.8 Å². The predicted octanol–water partition coefficient (Wildman–Crippen LogP) is 4.43. The smallest absolute Gasteiger partial charge is 0.233 e. The molecule has 1 N–H and O–H groups in total. The van der Waals surface area contributed by atoms with Crippen molar-refractivity contribution >= 4 is 23.3 Å². The van der Waals surface area contributed by atoms with Gasteiger partial charge in [-0.2, -0.15) is 5.10 Å². The molecule has 3 aromatic rings. The highest BCUT2D eigenvalue weighted by molar-refractivity contribution is 6.01. The Morgan fingerprint density at radius 2 is 2.00 bits per heavy atom. The van der Waals surface area contributed by atoms with Crippen molar-refractivity contribution in [2.45, 2.75) is 46.5 Å². The van der Waals surface area contributed by atoms with Gasteiger partial charge >= 0.3 is 0 Å².